The number of carboxylic acid groups (broad SMARTS) is 1. The molecule has 0 aromatic rings. The van der Waals surface area contributed by atoms with Crippen molar-refractivity contribution in [1.82, 2.24) is 0 Å². The third kappa shape index (κ3) is 1.27. The summed E-state index contributed by atoms with van der Waals surface area (Å²) in [5.41, 5.74) is 5.56. The standard InChI is InChI=1S/C6H11NO2S/c1-6(5(8)9)2-4(7)3-10-6/h4H,2-3,7H2,1H3,(H,8,9). The van der Waals surface area contributed by atoms with Crippen LogP contribution in [0.2, 0.25) is 0 Å². The predicted octanol–water partition coefficient (Wildman–Crippen LogP) is 0.294. The zero-order valence-electron chi connectivity index (χ0n) is 5.83. The molecule has 3 nitrogen and oxygen atoms in total. The van der Waals surface area contributed by atoms with Crippen LogP contribution < -0.4 is 5.73 Å². The molecule has 0 saturated carbocycles. The maximum Gasteiger partial charge on any atom is 0.319 e. The summed E-state index contributed by atoms with van der Waals surface area (Å²) in [5.74, 6) is 0.0217. The highest BCUT2D eigenvalue weighted by Gasteiger charge is 2.40. The van der Waals surface area contributed by atoms with Crippen LogP contribution in [-0.4, -0.2) is 27.6 Å². The molecule has 0 bridgehead atoms. The maximum absolute atomic E-state index is 10.6. The van der Waals surface area contributed by atoms with Gasteiger partial charge in [0.2, 0.25) is 0 Å². The van der Waals surface area contributed by atoms with Gasteiger partial charge in [-0.25, -0.2) is 0 Å². The van der Waals surface area contributed by atoms with Crippen molar-refractivity contribution in [2.75, 3.05) is 5.75 Å². The Bertz CT molecular complexity index is 162. The lowest BCUT2D eigenvalue weighted by Gasteiger charge is -2.15. The van der Waals surface area contributed by atoms with E-state index in [1.165, 1.54) is 11.8 Å². The number of rotatable bonds is 1. The normalized spacial score (nSPS) is 40.0. The van der Waals surface area contributed by atoms with Gasteiger partial charge < -0.3 is 10.8 Å². The molecular formula is C6H11NO2S. The van der Waals surface area contributed by atoms with Crippen LogP contribution in [0.25, 0.3) is 0 Å². The van der Waals surface area contributed by atoms with Crippen molar-refractivity contribution in [3.63, 3.8) is 0 Å². The first-order chi connectivity index (χ1) is 4.54. The summed E-state index contributed by atoms with van der Waals surface area (Å²) < 4.78 is -0.626. The highest BCUT2D eigenvalue weighted by Crippen LogP contribution is 2.37. The first-order valence-electron chi connectivity index (χ1n) is 3.17. The topological polar surface area (TPSA) is 63.3 Å². The predicted molar refractivity (Wildman–Crippen MR) is 41.1 cm³/mol. The minimum Gasteiger partial charge on any atom is -0.480 e. The number of carboxylic acids is 1. The second-order valence-electron chi connectivity index (χ2n) is 2.81. The summed E-state index contributed by atoms with van der Waals surface area (Å²) in [6.07, 6.45) is 0.590. The number of hydrogen-bond acceptors (Lipinski definition) is 3. The van der Waals surface area contributed by atoms with Crippen LogP contribution in [0.5, 0.6) is 0 Å². The fourth-order valence-corrected chi connectivity index (χ4v) is 2.21. The van der Waals surface area contributed by atoms with Crippen molar-refractivity contribution in [1.29, 1.82) is 0 Å². The first-order valence-corrected chi connectivity index (χ1v) is 4.16. The largest absolute Gasteiger partial charge is 0.480 e. The zero-order valence-corrected chi connectivity index (χ0v) is 6.65. The molecule has 2 unspecified atom stereocenters. The van der Waals surface area contributed by atoms with E-state index in [9.17, 15) is 4.79 Å². The summed E-state index contributed by atoms with van der Waals surface area (Å²) in [5, 5.41) is 8.71. The Labute approximate surface area is 64.0 Å². The highest BCUT2D eigenvalue weighted by molar-refractivity contribution is 8.01. The van der Waals surface area contributed by atoms with Gasteiger partial charge >= 0.3 is 5.97 Å². The Balaban J connectivity index is 2.63. The van der Waals surface area contributed by atoms with E-state index in [1.807, 2.05) is 0 Å². The third-order valence-corrected chi connectivity index (χ3v) is 3.29. The average Bonchev–Trinajstić information content (AvgIpc) is 2.13. The van der Waals surface area contributed by atoms with Gasteiger partial charge in [0, 0.05) is 11.8 Å². The lowest BCUT2D eigenvalue weighted by Crippen LogP contribution is -2.31. The molecule has 0 amide bonds. The molecule has 2 atom stereocenters. The molecule has 0 aliphatic carbocycles. The third-order valence-electron chi connectivity index (χ3n) is 1.72. The van der Waals surface area contributed by atoms with Crippen molar-refractivity contribution >= 4 is 17.7 Å². The molecule has 0 radical (unpaired) electrons. The van der Waals surface area contributed by atoms with Gasteiger partial charge in [0.1, 0.15) is 4.75 Å². The molecule has 0 aromatic carbocycles. The number of aliphatic carboxylic acids is 1. The van der Waals surface area contributed by atoms with Crippen LogP contribution >= 0.6 is 11.8 Å². The number of nitrogens with two attached hydrogens (primary N) is 1. The van der Waals surface area contributed by atoms with Gasteiger partial charge in [-0.05, 0) is 13.3 Å². The van der Waals surface area contributed by atoms with Gasteiger partial charge in [-0.1, -0.05) is 0 Å². The van der Waals surface area contributed by atoms with Crippen LogP contribution in [0.15, 0.2) is 0 Å². The summed E-state index contributed by atoms with van der Waals surface area (Å²) in [6.45, 7) is 1.73. The summed E-state index contributed by atoms with van der Waals surface area (Å²) >= 11 is 1.44. The van der Waals surface area contributed by atoms with E-state index < -0.39 is 10.7 Å². The molecule has 0 spiro atoms. The molecule has 0 aromatic heterocycles. The van der Waals surface area contributed by atoms with Gasteiger partial charge in [0.15, 0.2) is 0 Å². The molecule has 1 heterocycles. The van der Waals surface area contributed by atoms with E-state index in [0.717, 1.165) is 5.75 Å². The average molecular weight is 161 g/mol. The fraction of sp³-hybridized carbons (Fsp3) is 0.833. The van der Waals surface area contributed by atoms with Gasteiger partial charge in [-0.3, -0.25) is 4.79 Å². The van der Waals surface area contributed by atoms with Crippen LogP contribution in [-0.2, 0) is 4.79 Å². The van der Waals surface area contributed by atoms with E-state index in [-0.39, 0.29) is 6.04 Å². The molecule has 10 heavy (non-hydrogen) atoms. The Kier molecular flexibility index (Phi) is 1.92. The lowest BCUT2D eigenvalue weighted by atomic mass is 10.0. The number of thioether (sulfide) groups is 1. The zero-order chi connectivity index (χ0) is 7.78. The summed E-state index contributed by atoms with van der Waals surface area (Å²) in [6, 6.07) is 0.0612. The van der Waals surface area contributed by atoms with E-state index in [2.05, 4.69) is 0 Å². The van der Waals surface area contributed by atoms with Crippen molar-refractivity contribution in [3.05, 3.63) is 0 Å². The Morgan fingerprint density at radius 1 is 1.90 bits per heavy atom. The summed E-state index contributed by atoms with van der Waals surface area (Å²) in [4.78, 5) is 10.6. The monoisotopic (exact) mass is 161 g/mol. The SMILES string of the molecule is CC1(C(=O)O)CC(N)CS1. The smallest absolute Gasteiger partial charge is 0.319 e. The van der Waals surface area contributed by atoms with Crippen molar-refractivity contribution in [3.8, 4) is 0 Å². The molecular weight excluding hydrogens is 150 g/mol. The molecule has 1 saturated heterocycles. The molecule has 1 aliphatic heterocycles. The molecule has 58 valence electrons. The Hall–Kier alpha value is -0.220. The Morgan fingerprint density at radius 2 is 2.50 bits per heavy atom. The number of carbonyl (C=O) groups is 1. The molecule has 4 heteroatoms. The minimum absolute atomic E-state index is 0.0612. The van der Waals surface area contributed by atoms with Gasteiger partial charge in [-0.15, -0.1) is 11.8 Å². The quantitative estimate of drug-likeness (QED) is 0.580. The second kappa shape index (κ2) is 2.43. The molecule has 1 aliphatic rings. The summed E-state index contributed by atoms with van der Waals surface area (Å²) in [7, 11) is 0. The first kappa shape index (κ1) is 7.88. The van der Waals surface area contributed by atoms with E-state index in [0.29, 0.717) is 6.42 Å². The van der Waals surface area contributed by atoms with Crippen LogP contribution in [0.4, 0.5) is 0 Å². The van der Waals surface area contributed by atoms with E-state index in [1.54, 1.807) is 6.92 Å². The second-order valence-corrected chi connectivity index (χ2v) is 4.33. The van der Waals surface area contributed by atoms with E-state index >= 15 is 0 Å². The Morgan fingerprint density at radius 3 is 2.70 bits per heavy atom. The van der Waals surface area contributed by atoms with Crippen molar-refractivity contribution < 1.29 is 9.90 Å². The van der Waals surface area contributed by atoms with Gasteiger partial charge in [0.05, 0.1) is 0 Å². The van der Waals surface area contributed by atoms with Crippen molar-refractivity contribution in [2.45, 2.75) is 24.1 Å². The molecule has 1 rings (SSSR count). The van der Waals surface area contributed by atoms with Crippen LogP contribution in [0, 0.1) is 0 Å². The van der Waals surface area contributed by atoms with Crippen LogP contribution in [0.3, 0.4) is 0 Å². The van der Waals surface area contributed by atoms with Crippen molar-refractivity contribution in [2.24, 2.45) is 5.73 Å². The fourth-order valence-electron chi connectivity index (χ4n) is 1.06. The molecule has 3 N–H and O–H groups in total. The van der Waals surface area contributed by atoms with Gasteiger partial charge in [0.25, 0.3) is 0 Å². The maximum atomic E-state index is 10.6. The molecule has 1 fully saturated rings. The van der Waals surface area contributed by atoms with Gasteiger partial charge in [-0.2, -0.15) is 0 Å². The van der Waals surface area contributed by atoms with E-state index in [4.69, 9.17) is 10.8 Å². The highest BCUT2D eigenvalue weighted by atomic mass is 32.2. The lowest BCUT2D eigenvalue weighted by molar-refractivity contribution is -0.139. The number of hydrogen-bond donors (Lipinski definition) is 2. The van der Waals surface area contributed by atoms with Crippen LogP contribution in [0.1, 0.15) is 13.3 Å². The minimum atomic E-state index is -0.745.